The Balaban J connectivity index is 2.05. The van der Waals surface area contributed by atoms with E-state index in [1.165, 1.54) is 10.7 Å². The third-order valence-corrected chi connectivity index (χ3v) is 6.72. The number of hydrogen-bond acceptors (Lipinski definition) is 2. The van der Waals surface area contributed by atoms with Crippen molar-refractivity contribution in [2.24, 2.45) is 5.41 Å². The van der Waals surface area contributed by atoms with E-state index in [1.807, 2.05) is 0 Å². The number of aliphatic hydroxyl groups is 1. The van der Waals surface area contributed by atoms with Crippen molar-refractivity contribution in [1.29, 1.82) is 0 Å². The van der Waals surface area contributed by atoms with Crippen LogP contribution in [-0.4, -0.2) is 21.1 Å². The van der Waals surface area contributed by atoms with Crippen LogP contribution in [0, 0.1) is 17.0 Å². The van der Waals surface area contributed by atoms with E-state index in [9.17, 15) is 18.7 Å². The Hall–Kier alpha value is -1.95. The molecule has 4 rings (SSSR count). The monoisotopic (exact) mass is 348 g/mol. The number of fused-ring (bicyclic) bond motifs is 5. The van der Waals surface area contributed by atoms with Gasteiger partial charge in [-0.1, -0.05) is 20.8 Å². The average molecular weight is 348 g/mol. The van der Waals surface area contributed by atoms with Gasteiger partial charge in [0, 0.05) is 17.0 Å². The van der Waals surface area contributed by atoms with E-state index < -0.39 is 11.6 Å². The molecule has 0 unspecified atom stereocenters. The van der Waals surface area contributed by atoms with Crippen molar-refractivity contribution in [3.05, 3.63) is 51.4 Å². The summed E-state index contributed by atoms with van der Waals surface area (Å²) < 4.78 is 30.7. The van der Waals surface area contributed by atoms with Gasteiger partial charge >= 0.3 is 0 Å². The zero-order chi connectivity index (χ0) is 18.1. The minimum absolute atomic E-state index is 0.0232. The first kappa shape index (κ1) is 16.5. The van der Waals surface area contributed by atoms with E-state index in [0.29, 0.717) is 0 Å². The van der Waals surface area contributed by atoms with E-state index in [0.717, 1.165) is 36.2 Å². The maximum atomic E-state index is 14.4. The number of hydrogen-bond donors (Lipinski definition) is 1. The van der Waals surface area contributed by atoms with Crippen molar-refractivity contribution < 1.29 is 13.9 Å². The molecular weight excluding hydrogens is 326 g/mol. The molecule has 0 radical (unpaired) electrons. The van der Waals surface area contributed by atoms with Crippen molar-refractivity contribution in [1.82, 2.24) is 9.36 Å². The Labute approximate surface area is 144 Å². The Morgan fingerprint density at radius 3 is 2.64 bits per heavy atom. The number of halogens is 2. The van der Waals surface area contributed by atoms with Crippen LogP contribution < -0.4 is 5.56 Å². The minimum Gasteiger partial charge on any atom is -0.394 e. The van der Waals surface area contributed by atoms with Crippen LogP contribution in [0.5, 0.6) is 0 Å². The SMILES string of the molecule is CC1(C)[C@@H]2CC[C@@]1(C)c1c2c(=O)n(-c2ccc(F)cc2F)n1CCO. The molecule has 6 heteroatoms. The third-order valence-electron chi connectivity index (χ3n) is 6.72. The normalized spacial score (nSPS) is 26.2. The molecule has 2 atom stereocenters. The topological polar surface area (TPSA) is 47.2 Å². The Bertz CT molecular complexity index is 928. The summed E-state index contributed by atoms with van der Waals surface area (Å²) in [6.45, 7) is 6.54. The van der Waals surface area contributed by atoms with Crippen molar-refractivity contribution in [3.63, 3.8) is 0 Å². The lowest BCUT2D eigenvalue weighted by Crippen LogP contribution is -2.36. The van der Waals surface area contributed by atoms with Gasteiger partial charge in [-0.3, -0.25) is 9.48 Å². The highest BCUT2D eigenvalue weighted by Gasteiger charge is 2.62. The van der Waals surface area contributed by atoms with Crippen LogP contribution in [-0.2, 0) is 12.0 Å². The first-order valence-electron chi connectivity index (χ1n) is 8.66. The molecule has 0 amide bonds. The molecule has 1 fully saturated rings. The lowest BCUT2D eigenvalue weighted by molar-refractivity contribution is 0.205. The van der Waals surface area contributed by atoms with Crippen LogP contribution in [0.1, 0.15) is 50.8 Å². The molecule has 1 aromatic heterocycles. The van der Waals surface area contributed by atoms with Crippen LogP contribution >= 0.6 is 0 Å². The van der Waals surface area contributed by atoms with Crippen LogP contribution in [0.15, 0.2) is 23.0 Å². The van der Waals surface area contributed by atoms with Gasteiger partial charge in [-0.2, -0.15) is 0 Å². The summed E-state index contributed by atoms with van der Waals surface area (Å²) in [6, 6.07) is 3.21. The van der Waals surface area contributed by atoms with Gasteiger partial charge in [-0.15, -0.1) is 0 Å². The Morgan fingerprint density at radius 2 is 2.00 bits per heavy atom. The average Bonchev–Trinajstić information content (AvgIpc) is 3.01. The zero-order valence-corrected chi connectivity index (χ0v) is 14.6. The number of rotatable bonds is 3. The van der Waals surface area contributed by atoms with Gasteiger partial charge in [0.25, 0.3) is 5.56 Å². The molecule has 2 aliphatic carbocycles. The van der Waals surface area contributed by atoms with Gasteiger partial charge in [0.1, 0.15) is 11.5 Å². The van der Waals surface area contributed by atoms with E-state index in [4.69, 9.17) is 0 Å². The van der Waals surface area contributed by atoms with Crippen LogP contribution in [0.3, 0.4) is 0 Å². The second-order valence-corrected chi connectivity index (χ2v) is 7.97. The fraction of sp³-hybridized carbons (Fsp3) is 0.526. The van der Waals surface area contributed by atoms with Crippen molar-refractivity contribution >= 4 is 0 Å². The quantitative estimate of drug-likeness (QED) is 0.927. The summed E-state index contributed by atoms with van der Waals surface area (Å²) in [5.41, 5.74) is 1.13. The van der Waals surface area contributed by atoms with Crippen LogP contribution in [0.2, 0.25) is 0 Å². The summed E-state index contributed by atoms with van der Waals surface area (Å²) in [6.07, 6.45) is 1.89. The molecule has 0 saturated heterocycles. The lowest BCUT2D eigenvalue weighted by atomic mass is 9.70. The molecule has 2 aliphatic rings. The fourth-order valence-corrected chi connectivity index (χ4v) is 5.09. The summed E-state index contributed by atoms with van der Waals surface area (Å²) in [7, 11) is 0. The fourth-order valence-electron chi connectivity index (χ4n) is 5.09. The summed E-state index contributed by atoms with van der Waals surface area (Å²) in [4.78, 5) is 13.2. The molecule has 134 valence electrons. The van der Waals surface area contributed by atoms with E-state index in [-0.39, 0.29) is 41.1 Å². The van der Waals surface area contributed by atoms with Crippen LogP contribution in [0.25, 0.3) is 5.69 Å². The highest BCUT2D eigenvalue weighted by Crippen LogP contribution is 2.67. The van der Waals surface area contributed by atoms with Crippen molar-refractivity contribution in [2.45, 2.75) is 51.5 Å². The number of aliphatic hydroxyl groups excluding tert-OH is 1. The van der Waals surface area contributed by atoms with Gasteiger partial charge in [0.2, 0.25) is 0 Å². The number of benzene rings is 1. The van der Waals surface area contributed by atoms with Gasteiger partial charge in [-0.25, -0.2) is 13.5 Å². The molecule has 1 saturated carbocycles. The first-order valence-corrected chi connectivity index (χ1v) is 8.66. The minimum atomic E-state index is -0.783. The molecule has 1 N–H and O–H groups in total. The van der Waals surface area contributed by atoms with Gasteiger partial charge in [-0.05, 0) is 36.3 Å². The molecule has 25 heavy (non-hydrogen) atoms. The summed E-state index contributed by atoms with van der Waals surface area (Å²) in [5, 5.41) is 9.54. The predicted molar refractivity (Wildman–Crippen MR) is 90.1 cm³/mol. The second kappa shape index (κ2) is 5.04. The molecule has 2 aromatic rings. The smallest absolute Gasteiger partial charge is 0.275 e. The zero-order valence-electron chi connectivity index (χ0n) is 14.6. The number of aromatic nitrogens is 2. The van der Waals surface area contributed by atoms with E-state index >= 15 is 0 Å². The first-order chi connectivity index (χ1) is 11.7. The lowest BCUT2D eigenvalue weighted by Gasteiger charge is -2.36. The summed E-state index contributed by atoms with van der Waals surface area (Å²) >= 11 is 0. The summed E-state index contributed by atoms with van der Waals surface area (Å²) in [5.74, 6) is -1.35. The maximum Gasteiger partial charge on any atom is 0.275 e. The Kier molecular flexibility index (Phi) is 3.33. The largest absolute Gasteiger partial charge is 0.394 e. The molecule has 2 bridgehead atoms. The van der Waals surface area contributed by atoms with Gasteiger partial charge in [0.15, 0.2) is 5.82 Å². The predicted octanol–water partition coefficient (Wildman–Crippen LogP) is 3.08. The third kappa shape index (κ3) is 1.86. The molecular formula is C19H22F2N2O2. The molecule has 1 aromatic carbocycles. The second-order valence-electron chi connectivity index (χ2n) is 7.97. The maximum absolute atomic E-state index is 14.4. The molecule has 1 heterocycles. The van der Waals surface area contributed by atoms with E-state index in [1.54, 1.807) is 4.68 Å². The van der Waals surface area contributed by atoms with Gasteiger partial charge < -0.3 is 5.11 Å². The number of nitrogens with zero attached hydrogens (tertiary/aromatic N) is 2. The molecule has 0 spiro atoms. The molecule has 0 aliphatic heterocycles. The highest BCUT2D eigenvalue weighted by molar-refractivity contribution is 5.47. The Morgan fingerprint density at radius 1 is 1.28 bits per heavy atom. The standard InChI is InChI=1S/C19H22F2N2O2/c1-18(2)12-6-7-19(18,3)16-15(12)17(25)23(22(16)8-9-24)14-5-4-11(20)10-13(14)21/h4-5,10,12,24H,6-9H2,1-3H3/t12-,19+/m1/s1. The molecule has 4 nitrogen and oxygen atoms in total. The van der Waals surface area contributed by atoms with Gasteiger partial charge in [0.05, 0.1) is 18.8 Å². The highest BCUT2D eigenvalue weighted by atomic mass is 19.1. The van der Waals surface area contributed by atoms with Crippen LogP contribution in [0.4, 0.5) is 8.78 Å². The van der Waals surface area contributed by atoms with E-state index in [2.05, 4.69) is 20.8 Å². The van der Waals surface area contributed by atoms with Crippen molar-refractivity contribution in [2.75, 3.05) is 6.61 Å². The van der Waals surface area contributed by atoms with Crippen molar-refractivity contribution in [3.8, 4) is 5.69 Å².